The second kappa shape index (κ2) is 11.6. The van der Waals surface area contributed by atoms with Gasteiger partial charge in [0.05, 0.1) is 49.6 Å². The largest absolute Gasteiger partial charge is 0.493 e. The molecule has 3 heterocycles. The molecular weight excluding hydrogens is 583 g/mol. The molecule has 1 aliphatic rings. The zero-order chi connectivity index (χ0) is 29.3. The molecule has 41 heavy (non-hydrogen) atoms. The average molecular weight is 608 g/mol. The van der Waals surface area contributed by atoms with Gasteiger partial charge in [0.1, 0.15) is 0 Å². The number of thioether (sulfide) groups is 1. The highest BCUT2D eigenvalue weighted by Crippen LogP contribution is 2.54. The lowest BCUT2D eigenvalue weighted by molar-refractivity contribution is -0.146. The Hall–Kier alpha value is -3.71. The van der Waals surface area contributed by atoms with Crippen LogP contribution in [0.2, 0.25) is 5.02 Å². The van der Waals surface area contributed by atoms with E-state index in [4.69, 9.17) is 25.8 Å². The van der Waals surface area contributed by atoms with Crippen molar-refractivity contribution in [3.8, 4) is 17.2 Å². The molecule has 0 saturated heterocycles. The zero-order valence-corrected chi connectivity index (χ0v) is 23.8. The van der Waals surface area contributed by atoms with Crippen LogP contribution >= 0.6 is 23.4 Å². The maximum absolute atomic E-state index is 14.2. The molecule has 0 N–H and O–H groups in total. The number of para-hydroxylation sites is 1. The van der Waals surface area contributed by atoms with Crippen molar-refractivity contribution in [1.29, 1.82) is 0 Å². The van der Waals surface area contributed by atoms with Crippen molar-refractivity contribution in [2.75, 3.05) is 21.3 Å². The molecule has 14 heteroatoms. The highest BCUT2D eigenvalue weighted by atomic mass is 35.5. The summed E-state index contributed by atoms with van der Waals surface area (Å²) in [6.07, 6.45) is -2.68. The van der Waals surface area contributed by atoms with E-state index in [1.54, 1.807) is 47.3 Å². The number of carbonyl (C=O) groups excluding carboxylic acids is 1. The smallest absolute Gasteiger partial charge is 0.452 e. The molecular formula is C27H25ClF3N5O4S. The fourth-order valence-corrected chi connectivity index (χ4v) is 6.50. The van der Waals surface area contributed by atoms with E-state index in [0.717, 1.165) is 4.57 Å². The fourth-order valence-electron chi connectivity index (χ4n) is 4.81. The Labute approximate surface area is 242 Å². The Morgan fingerprint density at radius 2 is 1.88 bits per heavy atom. The Balaban J connectivity index is 1.62. The van der Waals surface area contributed by atoms with Crippen LogP contribution < -0.4 is 9.47 Å². The van der Waals surface area contributed by atoms with Gasteiger partial charge in [0.15, 0.2) is 17.3 Å². The summed E-state index contributed by atoms with van der Waals surface area (Å²) in [7, 11) is 4.33. The minimum atomic E-state index is -4.75. The quantitative estimate of drug-likeness (QED) is 0.231. The molecule has 0 bridgehead atoms. The maximum Gasteiger partial charge on any atom is 0.452 e. The van der Waals surface area contributed by atoms with Gasteiger partial charge in [-0.05, 0) is 42.3 Å². The number of benzene rings is 2. The van der Waals surface area contributed by atoms with Crippen LogP contribution in [0.5, 0.6) is 11.5 Å². The number of alkyl halides is 3. The molecule has 216 valence electrons. The molecule has 0 unspecified atom stereocenters. The summed E-state index contributed by atoms with van der Waals surface area (Å²) >= 11 is 7.81. The number of halogens is 4. The summed E-state index contributed by atoms with van der Waals surface area (Å²) in [5, 5.41) is 11.3. The molecule has 2 aromatic carbocycles. The van der Waals surface area contributed by atoms with Crippen molar-refractivity contribution in [2.45, 2.75) is 36.1 Å². The summed E-state index contributed by atoms with van der Waals surface area (Å²) in [4.78, 5) is 11.6. The van der Waals surface area contributed by atoms with Crippen molar-refractivity contribution < 1.29 is 32.2 Å². The number of aromatic nitrogens is 5. The molecule has 5 rings (SSSR count). The Morgan fingerprint density at radius 1 is 1.07 bits per heavy atom. The SMILES string of the molecule is COC(=O)Cc1ccn(CC[C@H]2S[C@H](c3cccc(OC)c3OC)c3cc(Cl)ccc3-n3c2nnc3C(F)(F)F)n1. The third-order valence-corrected chi connectivity index (χ3v) is 8.42. The Morgan fingerprint density at radius 3 is 2.59 bits per heavy atom. The van der Waals surface area contributed by atoms with E-state index in [9.17, 15) is 18.0 Å². The maximum atomic E-state index is 14.2. The topological polar surface area (TPSA) is 93.3 Å². The second-order valence-electron chi connectivity index (χ2n) is 9.12. The predicted molar refractivity (Wildman–Crippen MR) is 146 cm³/mol. The van der Waals surface area contributed by atoms with Gasteiger partial charge in [0.2, 0.25) is 5.82 Å². The van der Waals surface area contributed by atoms with Gasteiger partial charge in [-0.3, -0.25) is 14.0 Å². The van der Waals surface area contributed by atoms with Crippen LogP contribution in [0, 0.1) is 0 Å². The third kappa shape index (κ3) is 5.73. The van der Waals surface area contributed by atoms with Crippen LogP contribution in [0.3, 0.4) is 0 Å². The number of aryl methyl sites for hydroxylation is 1. The lowest BCUT2D eigenvalue weighted by atomic mass is 10.0. The predicted octanol–water partition coefficient (Wildman–Crippen LogP) is 5.84. The Bertz CT molecular complexity index is 1570. The lowest BCUT2D eigenvalue weighted by Crippen LogP contribution is -2.16. The molecule has 4 aromatic rings. The number of hydrogen-bond acceptors (Lipinski definition) is 8. The first-order valence-electron chi connectivity index (χ1n) is 12.4. The van der Waals surface area contributed by atoms with E-state index in [1.807, 2.05) is 6.07 Å². The van der Waals surface area contributed by atoms with Crippen LogP contribution in [-0.2, 0) is 28.7 Å². The average Bonchev–Trinajstić information content (AvgIpc) is 3.57. The first kappa shape index (κ1) is 28.8. The standard InChI is InChI=1S/C27H25ClF3N5O4S/c1-38-20-6-4-5-17(23(20)40-3)24-18-13-15(28)7-8-19(18)36-25(32-33-26(36)27(29,30)31)21(41-24)10-12-35-11-9-16(34-35)14-22(37)39-2/h4-9,11,13,21,24H,10,12,14H2,1-3H3/t21-,24-/m1/s1. The van der Waals surface area contributed by atoms with Gasteiger partial charge in [-0.15, -0.1) is 22.0 Å². The summed E-state index contributed by atoms with van der Waals surface area (Å²) in [6, 6.07) is 11.9. The summed E-state index contributed by atoms with van der Waals surface area (Å²) in [5.74, 6) is -0.448. The van der Waals surface area contributed by atoms with Crippen LogP contribution in [0.25, 0.3) is 5.69 Å². The van der Waals surface area contributed by atoms with Gasteiger partial charge in [0, 0.05) is 23.3 Å². The number of methoxy groups -OCH3 is 3. The van der Waals surface area contributed by atoms with E-state index >= 15 is 0 Å². The molecule has 1 aliphatic heterocycles. The van der Waals surface area contributed by atoms with Gasteiger partial charge in [-0.25, -0.2) is 0 Å². The van der Waals surface area contributed by atoms with E-state index in [2.05, 4.69) is 15.3 Å². The molecule has 0 radical (unpaired) electrons. The normalized spacial score (nSPS) is 16.5. The van der Waals surface area contributed by atoms with E-state index in [0.29, 0.717) is 46.3 Å². The van der Waals surface area contributed by atoms with Gasteiger partial charge in [0.25, 0.3) is 0 Å². The number of nitrogens with zero attached hydrogens (tertiary/aromatic N) is 5. The molecule has 9 nitrogen and oxygen atoms in total. The van der Waals surface area contributed by atoms with Crippen molar-refractivity contribution in [3.63, 3.8) is 0 Å². The Kier molecular flexibility index (Phi) is 8.18. The van der Waals surface area contributed by atoms with Gasteiger partial charge in [-0.2, -0.15) is 18.3 Å². The van der Waals surface area contributed by atoms with Gasteiger partial charge in [-0.1, -0.05) is 23.7 Å². The third-order valence-electron chi connectivity index (χ3n) is 6.63. The van der Waals surface area contributed by atoms with Crippen LogP contribution in [0.1, 0.15) is 45.4 Å². The van der Waals surface area contributed by atoms with Crippen molar-refractivity contribution in [2.24, 2.45) is 0 Å². The molecule has 0 fully saturated rings. The minimum absolute atomic E-state index is 0.0126. The molecule has 2 aromatic heterocycles. The summed E-state index contributed by atoms with van der Waals surface area (Å²) < 4.78 is 61.3. The van der Waals surface area contributed by atoms with Crippen molar-refractivity contribution >= 4 is 29.3 Å². The minimum Gasteiger partial charge on any atom is -0.493 e. The van der Waals surface area contributed by atoms with E-state index < -0.39 is 28.5 Å². The number of carbonyl (C=O) groups is 1. The fraction of sp³-hybridized carbons (Fsp3) is 0.333. The first-order valence-corrected chi connectivity index (χ1v) is 13.7. The number of esters is 1. The number of fused-ring (bicyclic) bond motifs is 3. The second-order valence-corrected chi connectivity index (χ2v) is 10.9. The monoisotopic (exact) mass is 607 g/mol. The molecule has 0 saturated carbocycles. The van der Waals surface area contributed by atoms with Crippen LogP contribution in [-0.4, -0.2) is 51.8 Å². The van der Waals surface area contributed by atoms with Crippen molar-refractivity contribution in [3.05, 3.63) is 82.2 Å². The molecule has 0 spiro atoms. The lowest BCUT2D eigenvalue weighted by Gasteiger charge is -2.24. The highest BCUT2D eigenvalue weighted by molar-refractivity contribution is 8.00. The number of ether oxygens (including phenoxy) is 3. The van der Waals surface area contributed by atoms with Crippen LogP contribution in [0.4, 0.5) is 13.2 Å². The zero-order valence-electron chi connectivity index (χ0n) is 22.2. The highest BCUT2D eigenvalue weighted by Gasteiger charge is 2.43. The summed E-state index contributed by atoms with van der Waals surface area (Å²) in [5.41, 5.74) is 2.04. The number of hydrogen-bond donors (Lipinski definition) is 0. The first-order chi connectivity index (χ1) is 19.6. The van der Waals surface area contributed by atoms with Crippen molar-refractivity contribution in [1.82, 2.24) is 24.5 Å². The molecule has 2 atom stereocenters. The summed E-state index contributed by atoms with van der Waals surface area (Å²) in [6.45, 7) is 0.339. The van der Waals surface area contributed by atoms with Gasteiger partial charge < -0.3 is 14.2 Å². The molecule has 0 amide bonds. The van der Waals surface area contributed by atoms with E-state index in [-0.39, 0.29) is 17.9 Å². The molecule has 0 aliphatic carbocycles. The van der Waals surface area contributed by atoms with Gasteiger partial charge >= 0.3 is 12.1 Å². The number of rotatable bonds is 8. The van der Waals surface area contributed by atoms with E-state index in [1.165, 1.54) is 33.1 Å². The van der Waals surface area contributed by atoms with Crippen LogP contribution in [0.15, 0.2) is 48.7 Å².